The lowest BCUT2D eigenvalue weighted by Crippen LogP contribution is -2.28. The van der Waals surface area contributed by atoms with Crippen molar-refractivity contribution in [2.24, 2.45) is 5.73 Å². The number of hydrogen-bond acceptors (Lipinski definition) is 7. The molecule has 0 fully saturated rings. The van der Waals surface area contributed by atoms with Gasteiger partial charge in [0.05, 0.1) is 26.4 Å². The standard InChI is InChI=1S/C33H58NO7P/c1-3-5-7-9-11-12-13-14-15-16-17-18-19-21-23-25-28-38-30-32(31-40-42(36,37)39-29-27-34)41-33(35)26-24-22-20-10-8-6-4-2/h5,7,11-12,14-15,17-18,21,23,32H,3-4,6,8-10,13,16,19-20,22,24-31,34H2,1-2H3,(H,36,37)/b7-5-,12-11-,15-14-,18-17-,23-21-. The minimum absolute atomic E-state index is 0.0599. The fourth-order valence-electron chi connectivity index (χ4n) is 3.70. The Morgan fingerprint density at radius 1 is 0.738 bits per heavy atom. The summed E-state index contributed by atoms with van der Waals surface area (Å²) in [6.07, 6.45) is 34.2. The average Bonchev–Trinajstić information content (AvgIpc) is 2.97. The van der Waals surface area contributed by atoms with Crippen molar-refractivity contribution in [3.63, 3.8) is 0 Å². The molecule has 2 unspecified atom stereocenters. The van der Waals surface area contributed by atoms with Crippen LogP contribution in [-0.2, 0) is 27.9 Å². The fourth-order valence-corrected chi connectivity index (χ4v) is 4.47. The van der Waals surface area contributed by atoms with E-state index in [-0.39, 0.29) is 32.3 Å². The summed E-state index contributed by atoms with van der Waals surface area (Å²) in [5, 5.41) is 0. The molecule has 0 saturated carbocycles. The Kier molecular flexibility index (Phi) is 29.3. The number of carbonyl (C=O) groups is 1. The van der Waals surface area contributed by atoms with Crippen molar-refractivity contribution >= 4 is 13.8 Å². The number of nitrogens with two attached hydrogens (primary N) is 1. The van der Waals surface area contributed by atoms with Gasteiger partial charge in [-0.1, -0.05) is 113 Å². The molecular formula is C33H58NO7P. The average molecular weight is 612 g/mol. The maximum Gasteiger partial charge on any atom is 0.472 e. The molecule has 0 aromatic rings. The molecule has 242 valence electrons. The Morgan fingerprint density at radius 3 is 1.86 bits per heavy atom. The maximum absolute atomic E-state index is 12.3. The van der Waals surface area contributed by atoms with Gasteiger partial charge in [0.15, 0.2) is 0 Å². The number of hydrogen-bond donors (Lipinski definition) is 2. The highest BCUT2D eigenvalue weighted by molar-refractivity contribution is 7.47. The van der Waals surface area contributed by atoms with Crippen LogP contribution in [0.15, 0.2) is 60.8 Å². The molecular weight excluding hydrogens is 553 g/mol. The van der Waals surface area contributed by atoms with Crippen molar-refractivity contribution in [3.8, 4) is 0 Å². The predicted octanol–water partition coefficient (Wildman–Crippen LogP) is 8.29. The van der Waals surface area contributed by atoms with Gasteiger partial charge in [-0.05, 0) is 44.9 Å². The van der Waals surface area contributed by atoms with Crippen molar-refractivity contribution in [3.05, 3.63) is 60.8 Å². The van der Waals surface area contributed by atoms with Crippen LogP contribution in [0, 0.1) is 0 Å². The van der Waals surface area contributed by atoms with Crippen LogP contribution in [0.1, 0.15) is 104 Å². The Bertz CT molecular complexity index is 823. The molecule has 0 aliphatic rings. The van der Waals surface area contributed by atoms with Crippen molar-refractivity contribution in [1.82, 2.24) is 0 Å². The number of carbonyl (C=O) groups excluding carboxylic acids is 1. The smallest absolute Gasteiger partial charge is 0.457 e. The third-order valence-electron chi connectivity index (χ3n) is 5.97. The number of allylic oxidation sites excluding steroid dienone is 9. The maximum atomic E-state index is 12.3. The molecule has 0 rings (SSSR count). The molecule has 2 atom stereocenters. The summed E-state index contributed by atoms with van der Waals surface area (Å²) in [6, 6.07) is 0. The summed E-state index contributed by atoms with van der Waals surface area (Å²) in [4.78, 5) is 22.1. The first kappa shape index (κ1) is 40.2. The first-order valence-electron chi connectivity index (χ1n) is 15.8. The topological polar surface area (TPSA) is 117 Å². The highest BCUT2D eigenvalue weighted by atomic mass is 31.2. The minimum atomic E-state index is -4.28. The summed E-state index contributed by atoms with van der Waals surface area (Å²) in [7, 11) is -4.28. The highest BCUT2D eigenvalue weighted by Gasteiger charge is 2.25. The van der Waals surface area contributed by atoms with Crippen LogP contribution < -0.4 is 5.73 Å². The second kappa shape index (κ2) is 30.7. The lowest BCUT2D eigenvalue weighted by atomic mass is 10.1. The molecule has 0 aliphatic carbocycles. The zero-order chi connectivity index (χ0) is 31.0. The predicted molar refractivity (Wildman–Crippen MR) is 173 cm³/mol. The third-order valence-corrected chi connectivity index (χ3v) is 6.95. The van der Waals surface area contributed by atoms with E-state index in [4.69, 9.17) is 24.3 Å². The second-order valence-corrected chi connectivity index (χ2v) is 11.4. The number of unbranched alkanes of at least 4 members (excludes halogenated alkanes) is 6. The Morgan fingerprint density at radius 2 is 1.29 bits per heavy atom. The van der Waals surface area contributed by atoms with E-state index in [9.17, 15) is 14.3 Å². The van der Waals surface area contributed by atoms with Gasteiger partial charge < -0.3 is 20.1 Å². The number of phosphoric ester groups is 1. The summed E-state index contributed by atoms with van der Waals surface area (Å²) in [6.45, 7) is 4.48. The van der Waals surface area contributed by atoms with Crippen molar-refractivity contribution < 1.29 is 32.8 Å². The van der Waals surface area contributed by atoms with Crippen LogP contribution in [-0.4, -0.2) is 49.9 Å². The summed E-state index contributed by atoms with van der Waals surface area (Å²) in [5.41, 5.74) is 5.31. The quantitative estimate of drug-likeness (QED) is 0.0375. The van der Waals surface area contributed by atoms with Gasteiger partial charge in [0.1, 0.15) is 6.10 Å². The molecule has 0 bridgehead atoms. The molecule has 3 N–H and O–H groups in total. The van der Waals surface area contributed by atoms with E-state index in [1.54, 1.807) is 0 Å². The summed E-state index contributed by atoms with van der Waals surface area (Å²) in [5.74, 6) is -0.366. The van der Waals surface area contributed by atoms with Gasteiger partial charge in [-0.3, -0.25) is 13.8 Å². The van der Waals surface area contributed by atoms with E-state index < -0.39 is 13.9 Å². The van der Waals surface area contributed by atoms with Crippen LogP contribution in [0.5, 0.6) is 0 Å². The summed E-state index contributed by atoms with van der Waals surface area (Å²) >= 11 is 0. The first-order chi connectivity index (χ1) is 20.4. The van der Waals surface area contributed by atoms with E-state index in [2.05, 4.69) is 68.5 Å². The molecule has 0 saturated heterocycles. The lowest BCUT2D eigenvalue weighted by Gasteiger charge is -2.19. The number of rotatable bonds is 29. The van der Waals surface area contributed by atoms with Crippen LogP contribution in [0.3, 0.4) is 0 Å². The third kappa shape index (κ3) is 29.7. The highest BCUT2D eigenvalue weighted by Crippen LogP contribution is 2.43. The van der Waals surface area contributed by atoms with Crippen molar-refractivity contribution in [1.29, 1.82) is 0 Å². The van der Waals surface area contributed by atoms with Crippen molar-refractivity contribution in [2.75, 3.05) is 33.0 Å². The van der Waals surface area contributed by atoms with Crippen LogP contribution in [0.4, 0.5) is 0 Å². The normalized spacial score (nSPS) is 14.7. The molecule has 0 amide bonds. The lowest BCUT2D eigenvalue weighted by molar-refractivity contribution is -0.154. The van der Waals surface area contributed by atoms with Gasteiger partial charge in [-0.2, -0.15) is 0 Å². The van der Waals surface area contributed by atoms with Gasteiger partial charge >= 0.3 is 13.8 Å². The molecule has 9 heteroatoms. The zero-order valence-electron chi connectivity index (χ0n) is 26.2. The van der Waals surface area contributed by atoms with Gasteiger partial charge in [-0.15, -0.1) is 0 Å². The first-order valence-corrected chi connectivity index (χ1v) is 17.3. The Balaban J connectivity index is 4.28. The summed E-state index contributed by atoms with van der Waals surface area (Å²) < 4.78 is 32.9. The van der Waals surface area contributed by atoms with Crippen LogP contribution in [0.25, 0.3) is 0 Å². The Labute approximate surface area is 255 Å². The fraction of sp³-hybridized carbons (Fsp3) is 0.667. The van der Waals surface area contributed by atoms with Gasteiger partial charge in [0.25, 0.3) is 0 Å². The van der Waals surface area contributed by atoms with Gasteiger partial charge in [0, 0.05) is 13.0 Å². The van der Waals surface area contributed by atoms with E-state index in [0.29, 0.717) is 19.4 Å². The van der Waals surface area contributed by atoms with E-state index in [1.165, 1.54) is 25.7 Å². The molecule has 0 spiro atoms. The molecule has 0 aromatic heterocycles. The van der Waals surface area contributed by atoms with Gasteiger partial charge in [-0.25, -0.2) is 4.57 Å². The minimum Gasteiger partial charge on any atom is -0.457 e. The molecule has 0 radical (unpaired) electrons. The Hall–Kier alpha value is -1.80. The van der Waals surface area contributed by atoms with E-state index >= 15 is 0 Å². The zero-order valence-corrected chi connectivity index (χ0v) is 27.1. The van der Waals surface area contributed by atoms with Gasteiger partial charge in [0.2, 0.25) is 0 Å². The van der Waals surface area contributed by atoms with E-state index in [0.717, 1.165) is 51.4 Å². The number of ether oxygens (including phenoxy) is 2. The number of esters is 1. The second-order valence-electron chi connectivity index (χ2n) is 9.94. The number of phosphoric acid groups is 1. The van der Waals surface area contributed by atoms with Crippen LogP contribution >= 0.6 is 7.82 Å². The SMILES string of the molecule is CC/C=C\C/C=C\C/C=C\C/C=C\C/C=C\CCOCC(COP(=O)(O)OCCN)OC(=O)CCCCCCCCC. The van der Waals surface area contributed by atoms with Crippen LogP contribution in [0.2, 0.25) is 0 Å². The van der Waals surface area contributed by atoms with Crippen molar-refractivity contribution in [2.45, 2.75) is 110 Å². The molecule has 0 heterocycles. The molecule has 0 aliphatic heterocycles. The monoisotopic (exact) mass is 611 g/mol. The molecule has 0 aromatic carbocycles. The largest absolute Gasteiger partial charge is 0.472 e. The molecule has 8 nitrogen and oxygen atoms in total. The van der Waals surface area contributed by atoms with E-state index in [1.807, 2.05) is 6.08 Å². The molecule has 42 heavy (non-hydrogen) atoms.